The summed E-state index contributed by atoms with van der Waals surface area (Å²) in [6.07, 6.45) is 2.64. The number of fused-ring (bicyclic) bond motifs is 5. The summed E-state index contributed by atoms with van der Waals surface area (Å²) in [6.45, 7) is 0. The van der Waals surface area contributed by atoms with Gasteiger partial charge in [0.15, 0.2) is 0 Å². The van der Waals surface area contributed by atoms with E-state index in [0.29, 0.717) is 11.3 Å². The molecule has 3 heterocycles. The Labute approximate surface area is 74.7 Å². The van der Waals surface area contributed by atoms with Gasteiger partial charge in [0.05, 0.1) is 11.1 Å². The lowest BCUT2D eigenvalue weighted by Crippen LogP contribution is -1.92. The summed E-state index contributed by atoms with van der Waals surface area (Å²) in [5.74, 6) is 0.898. The molecular weight excluding hydrogens is 170 g/mol. The first-order valence-electron chi connectivity index (χ1n) is 4.18. The first-order chi connectivity index (χ1) is 6.20. The Bertz CT molecular complexity index is 431. The van der Waals surface area contributed by atoms with E-state index in [1.165, 1.54) is 4.57 Å². The van der Waals surface area contributed by atoms with Crippen LogP contribution in [0.25, 0.3) is 5.76 Å². The summed E-state index contributed by atoms with van der Waals surface area (Å²) >= 11 is 0. The van der Waals surface area contributed by atoms with Gasteiger partial charge in [0, 0.05) is 13.5 Å². The van der Waals surface area contributed by atoms with Gasteiger partial charge in [0.25, 0.3) is 0 Å². The van der Waals surface area contributed by atoms with Crippen LogP contribution in [0.3, 0.4) is 0 Å². The zero-order chi connectivity index (χ0) is 9.16. The zero-order valence-corrected chi connectivity index (χ0v) is 7.11. The van der Waals surface area contributed by atoms with E-state index in [9.17, 15) is 10.2 Å². The molecule has 0 spiro atoms. The summed E-state index contributed by atoms with van der Waals surface area (Å²) in [5.41, 5.74) is 1.40. The van der Waals surface area contributed by atoms with Crippen molar-refractivity contribution >= 4 is 5.76 Å². The number of aromatic nitrogens is 1. The van der Waals surface area contributed by atoms with E-state index < -0.39 is 0 Å². The molecule has 2 bridgehead atoms. The SMILES string of the molecule is Cn1c(O)c2c(c1O)C1CC=C2O1. The van der Waals surface area contributed by atoms with Gasteiger partial charge in [0.2, 0.25) is 11.8 Å². The molecule has 0 aliphatic carbocycles. The Morgan fingerprint density at radius 3 is 2.92 bits per heavy atom. The van der Waals surface area contributed by atoms with Gasteiger partial charge < -0.3 is 14.9 Å². The molecule has 3 rings (SSSR count). The molecule has 4 nitrogen and oxygen atoms in total. The molecule has 4 heteroatoms. The van der Waals surface area contributed by atoms with Crippen molar-refractivity contribution in [2.45, 2.75) is 12.5 Å². The van der Waals surface area contributed by atoms with Crippen molar-refractivity contribution in [3.8, 4) is 11.8 Å². The van der Waals surface area contributed by atoms with Crippen LogP contribution in [0.2, 0.25) is 0 Å². The zero-order valence-electron chi connectivity index (χ0n) is 7.11. The van der Waals surface area contributed by atoms with E-state index in [4.69, 9.17) is 4.74 Å². The molecule has 0 saturated carbocycles. The van der Waals surface area contributed by atoms with Crippen molar-refractivity contribution in [1.29, 1.82) is 0 Å². The predicted molar refractivity (Wildman–Crippen MR) is 45.2 cm³/mol. The Morgan fingerprint density at radius 2 is 2.23 bits per heavy atom. The molecule has 0 radical (unpaired) electrons. The first kappa shape index (κ1) is 6.88. The van der Waals surface area contributed by atoms with Crippen LogP contribution in [-0.4, -0.2) is 14.8 Å². The third kappa shape index (κ3) is 0.589. The van der Waals surface area contributed by atoms with Crippen LogP contribution in [-0.2, 0) is 11.8 Å². The van der Waals surface area contributed by atoms with Crippen molar-refractivity contribution in [2.75, 3.05) is 0 Å². The van der Waals surface area contributed by atoms with Crippen LogP contribution in [0.5, 0.6) is 11.8 Å². The van der Waals surface area contributed by atoms with Gasteiger partial charge >= 0.3 is 0 Å². The lowest BCUT2D eigenvalue weighted by molar-refractivity contribution is 0.207. The fourth-order valence-electron chi connectivity index (χ4n) is 2.03. The van der Waals surface area contributed by atoms with Gasteiger partial charge in [-0.1, -0.05) is 0 Å². The average Bonchev–Trinajstić information content (AvgIpc) is 2.76. The topological polar surface area (TPSA) is 54.6 Å². The Hall–Kier alpha value is -1.58. The molecule has 0 aromatic carbocycles. The maximum atomic E-state index is 9.66. The number of rotatable bonds is 0. The molecule has 2 N–H and O–H groups in total. The summed E-state index contributed by atoms with van der Waals surface area (Å²) < 4.78 is 6.80. The fourth-order valence-corrected chi connectivity index (χ4v) is 2.03. The molecular formula is C9H9NO3. The molecule has 2 aliphatic heterocycles. The minimum absolute atomic E-state index is 0.0842. The molecule has 0 saturated heterocycles. The molecule has 1 atom stereocenters. The van der Waals surface area contributed by atoms with E-state index in [1.807, 2.05) is 6.08 Å². The van der Waals surface area contributed by atoms with Gasteiger partial charge in [0.1, 0.15) is 11.9 Å². The Kier molecular flexibility index (Phi) is 0.974. The highest BCUT2D eigenvalue weighted by molar-refractivity contribution is 5.76. The number of aromatic hydroxyl groups is 2. The van der Waals surface area contributed by atoms with Crippen LogP contribution >= 0.6 is 0 Å². The third-order valence-electron chi connectivity index (χ3n) is 2.72. The summed E-state index contributed by atoms with van der Waals surface area (Å²) in [5, 5.41) is 19.3. The van der Waals surface area contributed by atoms with Crippen LogP contribution in [0.1, 0.15) is 23.7 Å². The normalized spacial score (nSPS) is 22.8. The van der Waals surface area contributed by atoms with Crippen molar-refractivity contribution in [3.63, 3.8) is 0 Å². The molecule has 1 aromatic heterocycles. The van der Waals surface area contributed by atoms with Crippen molar-refractivity contribution in [3.05, 3.63) is 17.2 Å². The van der Waals surface area contributed by atoms with Gasteiger partial charge in [-0.25, -0.2) is 0 Å². The van der Waals surface area contributed by atoms with E-state index in [-0.39, 0.29) is 17.9 Å². The lowest BCUT2D eigenvalue weighted by atomic mass is 10.0. The first-order valence-corrected chi connectivity index (χ1v) is 4.18. The predicted octanol–water partition coefficient (Wildman–Crippen LogP) is 1.25. The van der Waals surface area contributed by atoms with Crippen LogP contribution in [0, 0.1) is 0 Å². The summed E-state index contributed by atoms with van der Waals surface area (Å²) in [7, 11) is 1.63. The molecule has 2 aliphatic rings. The molecule has 68 valence electrons. The molecule has 0 amide bonds. The molecule has 1 aromatic rings. The van der Waals surface area contributed by atoms with Crippen molar-refractivity contribution < 1.29 is 14.9 Å². The highest BCUT2D eigenvalue weighted by Crippen LogP contribution is 2.54. The standard InChI is InChI=1S/C9H9NO3/c1-10-8(11)6-4-2-3-5(13-4)7(6)9(10)12/h2,5,11-12H,3H2,1H3. The summed E-state index contributed by atoms with van der Waals surface area (Å²) in [4.78, 5) is 0. The average molecular weight is 179 g/mol. The second-order valence-electron chi connectivity index (χ2n) is 3.41. The van der Waals surface area contributed by atoms with Crippen LogP contribution < -0.4 is 0 Å². The molecule has 13 heavy (non-hydrogen) atoms. The number of ether oxygens (including phenoxy) is 1. The largest absolute Gasteiger partial charge is 0.494 e. The number of hydrogen-bond donors (Lipinski definition) is 2. The van der Waals surface area contributed by atoms with Crippen LogP contribution in [0.15, 0.2) is 6.08 Å². The molecule has 0 fully saturated rings. The Balaban J connectivity index is 2.39. The second-order valence-corrected chi connectivity index (χ2v) is 3.41. The number of hydrogen-bond acceptors (Lipinski definition) is 3. The summed E-state index contributed by atoms with van der Waals surface area (Å²) in [6, 6.07) is 0. The molecule has 1 unspecified atom stereocenters. The monoisotopic (exact) mass is 179 g/mol. The highest BCUT2D eigenvalue weighted by Gasteiger charge is 2.40. The number of nitrogens with zero attached hydrogens (tertiary/aromatic N) is 1. The minimum atomic E-state index is -0.0860. The van der Waals surface area contributed by atoms with Gasteiger partial charge in [-0.15, -0.1) is 0 Å². The Morgan fingerprint density at radius 1 is 1.46 bits per heavy atom. The van der Waals surface area contributed by atoms with Gasteiger partial charge in [-0.3, -0.25) is 4.57 Å². The highest BCUT2D eigenvalue weighted by atomic mass is 16.5. The van der Waals surface area contributed by atoms with Crippen LogP contribution in [0.4, 0.5) is 0 Å². The van der Waals surface area contributed by atoms with E-state index >= 15 is 0 Å². The van der Waals surface area contributed by atoms with Gasteiger partial charge in [-0.2, -0.15) is 0 Å². The third-order valence-corrected chi connectivity index (χ3v) is 2.72. The fraction of sp³-hybridized carbons (Fsp3) is 0.333. The lowest BCUT2D eigenvalue weighted by Gasteiger charge is -2.05. The van der Waals surface area contributed by atoms with Crippen molar-refractivity contribution in [1.82, 2.24) is 4.57 Å². The second kappa shape index (κ2) is 1.84. The smallest absolute Gasteiger partial charge is 0.205 e. The van der Waals surface area contributed by atoms with Crippen molar-refractivity contribution in [2.24, 2.45) is 7.05 Å². The minimum Gasteiger partial charge on any atom is -0.494 e. The van der Waals surface area contributed by atoms with Gasteiger partial charge in [-0.05, 0) is 6.08 Å². The van der Waals surface area contributed by atoms with E-state index in [1.54, 1.807) is 7.05 Å². The maximum Gasteiger partial charge on any atom is 0.205 e. The maximum absolute atomic E-state index is 9.66. The van der Waals surface area contributed by atoms with E-state index in [2.05, 4.69) is 0 Å². The quantitative estimate of drug-likeness (QED) is 0.630. The van der Waals surface area contributed by atoms with E-state index in [0.717, 1.165) is 12.0 Å².